The summed E-state index contributed by atoms with van der Waals surface area (Å²) >= 11 is 0. The molecule has 3 rings (SSSR count). The number of benzene rings is 1. The third kappa shape index (κ3) is 2.80. The standard InChI is InChI=1S/C15H22N2O3S/c1-20-14-7-2-3-8-15(14)21(18,19)17-11-10-16-9-5-4-6-13(16)12-17/h2-3,7-8,13H,4-6,9-12H2,1H3/t13-/m0/s1. The molecule has 1 aromatic rings. The second-order valence-corrected chi connectivity index (χ2v) is 7.61. The third-order valence-electron chi connectivity index (χ3n) is 4.49. The van der Waals surface area contributed by atoms with Gasteiger partial charge >= 0.3 is 0 Å². The van der Waals surface area contributed by atoms with Crippen LogP contribution in [0.15, 0.2) is 29.2 Å². The number of ether oxygens (including phenoxy) is 1. The molecule has 0 N–H and O–H groups in total. The van der Waals surface area contributed by atoms with Crippen LogP contribution in [0.3, 0.4) is 0 Å². The van der Waals surface area contributed by atoms with Crippen molar-refractivity contribution >= 4 is 10.0 Å². The van der Waals surface area contributed by atoms with E-state index in [1.807, 2.05) is 0 Å². The summed E-state index contributed by atoms with van der Waals surface area (Å²) in [5.41, 5.74) is 0. The van der Waals surface area contributed by atoms with E-state index in [1.165, 1.54) is 20.0 Å². The van der Waals surface area contributed by atoms with E-state index in [9.17, 15) is 8.42 Å². The number of nitrogens with zero attached hydrogens (tertiary/aromatic N) is 2. The normalized spacial score (nSPS) is 24.5. The van der Waals surface area contributed by atoms with Gasteiger partial charge in [0, 0.05) is 25.7 Å². The number of piperazine rings is 1. The van der Waals surface area contributed by atoms with Gasteiger partial charge in [-0.1, -0.05) is 18.6 Å². The van der Waals surface area contributed by atoms with Gasteiger partial charge in [0.05, 0.1) is 7.11 Å². The van der Waals surface area contributed by atoms with Crippen LogP contribution in [0.25, 0.3) is 0 Å². The molecular weight excluding hydrogens is 288 g/mol. The molecule has 1 atom stereocenters. The maximum Gasteiger partial charge on any atom is 0.246 e. The molecule has 0 radical (unpaired) electrons. The molecule has 0 bridgehead atoms. The van der Waals surface area contributed by atoms with Gasteiger partial charge in [-0.2, -0.15) is 4.31 Å². The quantitative estimate of drug-likeness (QED) is 0.850. The average molecular weight is 310 g/mol. The number of sulfonamides is 1. The molecule has 2 fully saturated rings. The van der Waals surface area contributed by atoms with Crippen LogP contribution < -0.4 is 4.74 Å². The topological polar surface area (TPSA) is 49.9 Å². The Balaban J connectivity index is 1.85. The molecule has 0 aliphatic carbocycles. The van der Waals surface area contributed by atoms with Gasteiger partial charge in [0.1, 0.15) is 10.6 Å². The predicted octanol–water partition coefficient (Wildman–Crippen LogP) is 1.55. The highest BCUT2D eigenvalue weighted by Gasteiger charge is 2.36. The van der Waals surface area contributed by atoms with Crippen LogP contribution in [0.1, 0.15) is 19.3 Å². The van der Waals surface area contributed by atoms with Crippen molar-refractivity contribution in [3.05, 3.63) is 24.3 Å². The molecule has 0 spiro atoms. The van der Waals surface area contributed by atoms with Crippen LogP contribution in [0, 0.1) is 0 Å². The van der Waals surface area contributed by atoms with Gasteiger partial charge in [0.2, 0.25) is 10.0 Å². The lowest BCUT2D eigenvalue weighted by molar-refractivity contribution is 0.0851. The molecule has 2 aliphatic heterocycles. The van der Waals surface area contributed by atoms with Crippen LogP contribution in [0.2, 0.25) is 0 Å². The largest absolute Gasteiger partial charge is 0.495 e. The van der Waals surface area contributed by atoms with Gasteiger partial charge < -0.3 is 4.74 Å². The minimum Gasteiger partial charge on any atom is -0.495 e. The van der Waals surface area contributed by atoms with E-state index < -0.39 is 10.0 Å². The van der Waals surface area contributed by atoms with Crippen LogP contribution in [0.4, 0.5) is 0 Å². The summed E-state index contributed by atoms with van der Waals surface area (Å²) < 4.78 is 32.6. The Morgan fingerprint density at radius 2 is 1.95 bits per heavy atom. The molecule has 0 amide bonds. The fraction of sp³-hybridized carbons (Fsp3) is 0.600. The highest BCUT2D eigenvalue weighted by atomic mass is 32.2. The first-order chi connectivity index (χ1) is 10.1. The second-order valence-electron chi connectivity index (χ2n) is 5.70. The van der Waals surface area contributed by atoms with Gasteiger partial charge in [-0.3, -0.25) is 4.90 Å². The summed E-state index contributed by atoms with van der Waals surface area (Å²) in [6.07, 6.45) is 3.53. The lowest BCUT2D eigenvalue weighted by atomic mass is 10.0. The number of hydrogen-bond acceptors (Lipinski definition) is 4. The van der Waals surface area contributed by atoms with Gasteiger partial charge in [-0.15, -0.1) is 0 Å². The zero-order chi connectivity index (χ0) is 14.9. The molecule has 2 saturated heterocycles. The second kappa shape index (κ2) is 5.94. The van der Waals surface area contributed by atoms with Crippen molar-refractivity contribution in [2.75, 3.05) is 33.3 Å². The van der Waals surface area contributed by atoms with Crippen LogP contribution in [0.5, 0.6) is 5.75 Å². The minimum atomic E-state index is -3.47. The molecule has 5 nitrogen and oxygen atoms in total. The Hall–Kier alpha value is -1.11. The molecule has 21 heavy (non-hydrogen) atoms. The number of para-hydroxylation sites is 1. The zero-order valence-electron chi connectivity index (χ0n) is 12.4. The predicted molar refractivity (Wildman–Crippen MR) is 81.0 cm³/mol. The van der Waals surface area contributed by atoms with Crippen molar-refractivity contribution in [2.24, 2.45) is 0 Å². The first-order valence-corrected chi connectivity index (χ1v) is 8.94. The Kier molecular flexibility index (Phi) is 4.19. The monoisotopic (exact) mass is 310 g/mol. The highest BCUT2D eigenvalue weighted by Crippen LogP contribution is 2.29. The summed E-state index contributed by atoms with van der Waals surface area (Å²) in [5.74, 6) is 0.420. The highest BCUT2D eigenvalue weighted by molar-refractivity contribution is 7.89. The number of fused-ring (bicyclic) bond motifs is 1. The fourth-order valence-corrected chi connectivity index (χ4v) is 4.94. The van der Waals surface area contributed by atoms with Crippen LogP contribution in [-0.2, 0) is 10.0 Å². The van der Waals surface area contributed by atoms with Gasteiger partial charge in [0.25, 0.3) is 0 Å². The first kappa shape index (κ1) is 14.8. The molecule has 0 saturated carbocycles. The van der Waals surface area contributed by atoms with E-state index in [0.29, 0.717) is 24.9 Å². The average Bonchev–Trinajstić information content (AvgIpc) is 2.54. The number of methoxy groups -OCH3 is 1. The maximum atomic E-state index is 12.9. The van der Waals surface area contributed by atoms with E-state index in [2.05, 4.69) is 4.90 Å². The van der Waals surface area contributed by atoms with Crippen molar-refractivity contribution in [3.63, 3.8) is 0 Å². The molecular formula is C15H22N2O3S. The van der Waals surface area contributed by atoms with Crippen molar-refractivity contribution in [2.45, 2.75) is 30.2 Å². The van der Waals surface area contributed by atoms with Crippen molar-refractivity contribution in [1.29, 1.82) is 0 Å². The van der Waals surface area contributed by atoms with Gasteiger partial charge in [-0.25, -0.2) is 8.42 Å². The molecule has 116 valence electrons. The summed E-state index contributed by atoms with van der Waals surface area (Å²) in [6.45, 7) is 3.10. The smallest absolute Gasteiger partial charge is 0.246 e. The van der Waals surface area contributed by atoms with Gasteiger partial charge in [0.15, 0.2) is 0 Å². The van der Waals surface area contributed by atoms with Crippen molar-refractivity contribution in [1.82, 2.24) is 9.21 Å². The van der Waals surface area contributed by atoms with E-state index >= 15 is 0 Å². The molecule has 6 heteroatoms. The van der Waals surface area contributed by atoms with Crippen molar-refractivity contribution < 1.29 is 13.2 Å². The van der Waals surface area contributed by atoms with E-state index in [4.69, 9.17) is 4.74 Å². The van der Waals surface area contributed by atoms with Crippen molar-refractivity contribution in [3.8, 4) is 5.75 Å². The number of rotatable bonds is 3. The molecule has 1 aromatic carbocycles. The SMILES string of the molecule is COc1ccccc1S(=O)(=O)N1CCN2CCCC[C@H]2C1. The lowest BCUT2D eigenvalue weighted by Gasteiger charge is -2.43. The summed E-state index contributed by atoms with van der Waals surface area (Å²) in [4.78, 5) is 2.70. The minimum absolute atomic E-state index is 0.275. The third-order valence-corrected chi connectivity index (χ3v) is 6.39. The summed E-state index contributed by atoms with van der Waals surface area (Å²) in [7, 11) is -1.97. The maximum absolute atomic E-state index is 12.9. The molecule has 0 unspecified atom stereocenters. The first-order valence-electron chi connectivity index (χ1n) is 7.50. The summed E-state index contributed by atoms with van der Waals surface area (Å²) in [5, 5.41) is 0. The Morgan fingerprint density at radius 3 is 2.76 bits per heavy atom. The zero-order valence-corrected chi connectivity index (χ0v) is 13.2. The van der Waals surface area contributed by atoms with Crippen LogP contribution in [-0.4, -0.2) is 57.0 Å². The van der Waals surface area contributed by atoms with E-state index in [-0.39, 0.29) is 4.90 Å². The summed E-state index contributed by atoms with van der Waals surface area (Å²) in [6, 6.07) is 7.23. The Labute approximate surface area is 126 Å². The Bertz CT molecular complexity index is 603. The van der Waals surface area contributed by atoms with Crippen LogP contribution >= 0.6 is 0 Å². The van der Waals surface area contributed by atoms with Gasteiger partial charge in [-0.05, 0) is 31.5 Å². The number of piperidine rings is 1. The Morgan fingerprint density at radius 1 is 1.14 bits per heavy atom. The fourth-order valence-electron chi connectivity index (χ4n) is 3.32. The number of hydrogen-bond donors (Lipinski definition) is 0. The molecule has 2 heterocycles. The lowest BCUT2D eigenvalue weighted by Crippen LogP contribution is -2.56. The van der Waals surface area contributed by atoms with E-state index in [1.54, 1.807) is 28.6 Å². The van der Waals surface area contributed by atoms with E-state index in [0.717, 1.165) is 19.5 Å². The molecule has 2 aliphatic rings. The molecule has 0 aromatic heterocycles.